The van der Waals surface area contributed by atoms with Crippen molar-refractivity contribution >= 4 is 10.0 Å². The van der Waals surface area contributed by atoms with Gasteiger partial charge in [0.2, 0.25) is 10.0 Å². The number of aromatic nitrogens is 1. The summed E-state index contributed by atoms with van der Waals surface area (Å²) < 4.78 is 25.6. The zero-order chi connectivity index (χ0) is 15.0. The van der Waals surface area contributed by atoms with Gasteiger partial charge >= 0.3 is 0 Å². The summed E-state index contributed by atoms with van der Waals surface area (Å²) in [4.78, 5) is 4.15. The molecular formula is C14H25N3O2S. The fourth-order valence-electron chi connectivity index (χ4n) is 1.77. The van der Waals surface area contributed by atoms with Crippen LogP contribution in [-0.2, 0) is 16.6 Å². The molecule has 0 fully saturated rings. The summed E-state index contributed by atoms with van der Waals surface area (Å²) in [6, 6.07) is 5.96. The molecule has 6 heteroatoms. The summed E-state index contributed by atoms with van der Waals surface area (Å²) >= 11 is 0. The van der Waals surface area contributed by atoms with Gasteiger partial charge in [0.05, 0.1) is 18.0 Å². The van der Waals surface area contributed by atoms with Crippen molar-refractivity contribution in [3.05, 3.63) is 30.1 Å². The monoisotopic (exact) mass is 299 g/mol. The third-order valence-electron chi connectivity index (χ3n) is 2.97. The van der Waals surface area contributed by atoms with Crippen LogP contribution in [0.1, 0.15) is 32.4 Å². The lowest BCUT2D eigenvalue weighted by Crippen LogP contribution is -2.30. The second kappa shape index (κ2) is 8.34. The number of sulfonamides is 1. The van der Waals surface area contributed by atoms with Gasteiger partial charge in [0.1, 0.15) is 0 Å². The topological polar surface area (TPSA) is 62.3 Å². The van der Waals surface area contributed by atoms with Crippen molar-refractivity contribution in [1.29, 1.82) is 0 Å². The largest absolute Gasteiger partial charge is 0.315 e. The molecule has 1 N–H and O–H groups in total. The van der Waals surface area contributed by atoms with Crippen LogP contribution in [0.4, 0.5) is 0 Å². The third-order valence-corrected chi connectivity index (χ3v) is 4.85. The predicted molar refractivity (Wildman–Crippen MR) is 81.9 cm³/mol. The van der Waals surface area contributed by atoms with E-state index in [0.717, 1.165) is 18.7 Å². The molecule has 0 aromatic carbocycles. The smallest absolute Gasteiger partial charge is 0.214 e. The van der Waals surface area contributed by atoms with Crippen LogP contribution < -0.4 is 5.32 Å². The molecule has 0 aliphatic carbocycles. The maximum atomic E-state index is 12.1. The first-order valence-electron chi connectivity index (χ1n) is 6.99. The van der Waals surface area contributed by atoms with Crippen molar-refractivity contribution in [3.63, 3.8) is 0 Å². The lowest BCUT2D eigenvalue weighted by molar-refractivity contribution is 0.459. The Morgan fingerprint density at radius 2 is 2.05 bits per heavy atom. The molecule has 114 valence electrons. The zero-order valence-electron chi connectivity index (χ0n) is 12.5. The minimum absolute atomic E-state index is 0.191. The van der Waals surface area contributed by atoms with Crippen LogP contribution in [0.3, 0.4) is 0 Å². The quantitative estimate of drug-likeness (QED) is 0.704. The van der Waals surface area contributed by atoms with Crippen LogP contribution in [0.25, 0.3) is 0 Å². The zero-order valence-corrected chi connectivity index (χ0v) is 13.4. The molecule has 1 heterocycles. The lowest BCUT2D eigenvalue weighted by Gasteiger charge is -2.16. The minimum Gasteiger partial charge on any atom is -0.315 e. The van der Waals surface area contributed by atoms with E-state index in [1.54, 1.807) is 13.2 Å². The maximum Gasteiger partial charge on any atom is 0.214 e. The van der Waals surface area contributed by atoms with E-state index in [2.05, 4.69) is 24.1 Å². The minimum atomic E-state index is -3.19. The summed E-state index contributed by atoms with van der Waals surface area (Å²) in [6.45, 7) is 5.35. The van der Waals surface area contributed by atoms with Crippen LogP contribution in [-0.4, -0.2) is 43.1 Å². The second-order valence-electron chi connectivity index (χ2n) is 5.21. The second-order valence-corrected chi connectivity index (χ2v) is 7.40. The highest BCUT2D eigenvalue weighted by molar-refractivity contribution is 7.89. The van der Waals surface area contributed by atoms with Crippen molar-refractivity contribution in [2.75, 3.05) is 19.3 Å². The molecule has 0 spiro atoms. The first kappa shape index (κ1) is 17.1. The van der Waals surface area contributed by atoms with Gasteiger partial charge in [0, 0.05) is 19.3 Å². The van der Waals surface area contributed by atoms with E-state index >= 15 is 0 Å². The van der Waals surface area contributed by atoms with Gasteiger partial charge < -0.3 is 5.32 Å². The Balaban J connectivity index is 2.36. The Morgan fingerprint density at radius 3 is 2.65 bits per heavy atom. The van der Waals surface area contributed by atoms with E-state index in [1.807, 2.05) is 18.2 Å². The Hall–Kier alpha value is -0.980. The molecule has 0 aliphatic rings. The molecule has 1 aromatic heterocycles. The molecule has 1 rings (SSSR count). The van der Waals surface area contributed by atoms with Crippen molar-refractivity contribution < 1.29 is 8.42 Å². The van der Waals surface area contributed by atoms with Gasteiger partial charge in [0.25, 0.3) is 0 Å². The number of hydrogen-bond acceptors (Lipinski definition) is 4. The fourth-order valence-corrected chi connectivity index (χ4v) is 2.98. The van der Waals surface area contributed by atoms with E-state index in [0.29, 0.717) is 19.0 Å². The summed E-state index contributed by atoms with van der Waals surface area (Å²) in [5.74, 6) is 0.191. The van der Waals surface area contributed by atoms with Gasteiger partial charge in [-0.05, 0) is 31.5 Å². The normalized spacial score (nSPS) is 12.2. The molecule has 0 aliphatic heterocycles. The highest BCUT2D eigenvalue weighted by Crippen LogP contribution is 2.07. The standard InChI is InChI=1S/C14H25N3O2S/c1-13(2)15-9-6-7-11-20(18,19)17(3)12-14-8-4-5-10-16-14/h4-5,8,10,13,15H,6-7,9,11-12H2,1-3H3. The molecule has 0 atom stereocenters. The van der Waals surface area contributed by atoms with Crippen molar-refractivity contribution in [2.24, 2.45) is 0 Å². The molecule has 1 aromatic rings. The predicted octanol–water partition coefficient (Wildman–Crippen LogP) is 1.62. The van der Waals surface area contributed by atoms with Crippen LogP contribution in [0.5, 0.6) is 0 Å². The number of pyridine rings is 1. The molecule has 20 heavy (non-hydrogen) atoms. The SMILES string of the molecule is CC(C)NCCCCS(=O)(=O)N(C)Cc1ccccn1. The van der Waals surface area contributed by atoms with E-state index in [-0.39, 0.29) is 5.75 Å². The third kappa shape index (κ3) is 6.45. The van der Waals surface area contributed by atoms with Gasteiger partial charge in [-0.2, -0.15) is 4.31 Å². The molecule has 0 saturated carbocycles. The number of hydrogen-bond donors (Lipinski definition) is 1. The van der Waals surface area contributed by atoms with Crippen molar-refractivity contribution in [2.45, 2.75) is 39.3 Å². The summed E-state index contributed by atoms with van der Waals surface area (Å²) in [5, 5.41) is 3.28. The highest BCUT2D eigenvalue weighted by atomic mass is 32.2. The van der Waals surface area contributed by atoms with Crippen LogP contribution in [0.2, 0.25) is 0 Å². The first-order valence-corrected chi connectivity index (χ1v) is 8.60. The van der Waals surface area contributed by atoms with Crippen LogP contribution in [0.15, 0.2) is 24.4 Å². The number of nitrogens with one attached hydrogen (secondary N) is 1. The van der Waals surface area contributed by atoms with Gasteiger partial charge in [-0.3, -0.25) is 4.98 Å². The molecule has 0 amide bonds. The van der Waals surface area contributed by atoms with Gasteiger partial charge in [0.15, 0.2) is 0 Å². The lowest BCUT2D eigenvalue weighted by atomic mass is 10.3. The van der Waals surface area contributed by atoms with Gasteiger partial charge in [-0.25, -0.2) is 8.42 Å². The summed E-state index contributed by atoms with van der Waals surface area (Å²) in [7, 11) is -1.59. The average Bonchev–Trinajstić information content (AvgIpc) is 2.39. The Labute approximate surface area is 122 Å². The number of unbranched alkanes of at least 4 members (excludes halogenated alkanes) is 1. The van der Waals surface area contributed by atoms with E-state index in [4.69, 9.17) is 0 Å². The summed E-state index contributed by atoms with van der Waals surface area (Å²) in [6.07, 6.45) is 3.22. The molecule has 0 radical (unpaired) electrons. The van der Waals surface area contributed by atoms with E-state index in [1.165, 1.54) is 4.31 Å². The Bertz CT molecular complexity index is 474. The number of nitrogens with zero attached hydrogens (tertiary/aromatic N) is 2. The maximum absolute atomic E-state index is 12.1. The Morgan fingerprint density at radius 1 is 1.30 bits per heavy atom. The van der Waals surface area contributed by atoms with Crippen molar-refractivity contribution in [3.8, 4) is 0 Å². The van der Waals surface area contributed by atoms with E-state index in [9.17, 15) is 8.42 Å². The molecule has 0 bridgehead atoms. The Kier molecular flexibility index (Phi) is 7.12. The fraction of sp³-hybridized carbons (Fsp3) is 0.643. The average molecular weight is 299 g/mol. The van der Waals surface area contributed by atoms with Gasteiger partial charge in [-0.15, -0.1) is 0 Å². The van der Waals surface area contributed by atoms with Gasteiger partial charge in [-0.1, -0.05) is 19.9 Å². The molecule has 5 nitrogen and oxygen atoms in total. The van der Waals surface area contributed by atoms with Crippen LogP contribution >= 0.6 is 0 Å². The molecular weight excluding hydrogens is 274 g/mol. The van der Waals surface area contributed by atoms with Crippen LogP contribution in [0, 0.1) is 0 Å². The highest BCUT2D eigenvalue weighted by Gasteiger charge is 2.17. The molecule has 0 unspecified atom stereocenters. The molecule has 0 saturated heterocycles. The first-order chi connectivity index (χ1) is 9.42. The van der Waals surface area contributed by atoms with Crippen molar-refractivity contribution in [1.82, 2.24) is 14.6 Å². The summed E-state index contributed by atoms with van der Waals surface area (Å²) in [5.41, 5.74) is 0.764. The number of rotatable bonds is 9. The van der Waals surface area contributed by atoms with E-state index < -0.39 is 10.0 Å².